The first-order valence-electron chi connectivity index (χ1n) is 10.6. The van der Waals surface area contributed by atoms with Gasteiger partial charge in [-0.3, -0.25) is 24.7 Å². The molecule has 2 heterocycles. The number of carbonyl (C=O) groups is 1. The highest BCUT2D eigenvalue weighted by molar-refractivity contribution is 6.02. The molecule has 1 aliphatic heterocycles. The Bertz CT molecular complexity index is 1140. The number of non-ortho nitro benzene ring substituents is 1. The smallest absolute Gasteiger partial charge is 0.277 e. The number of halogens is 1. The van der Waals surface area contributed by atoms with Crippen molar-refractivity contribution >= 4 is 17.3 Å². The van der Waals surface area contributed by atoms with Gasteiger partial charge in [-0.1, -0.05) is 18.2 Å². The molecule has 0 radical (unpaired) electrons. The van der Waals surface area contributed by atoms with Crippen LogP contribution >= 0.6 is 0 Å². The molecule has 0 spiro atoms. The number of amides is 1. The van der Waals surface area contributed by atoms with Gasteiger partial charge in [-0.05, 0) is 30.2 Å². The highest BCUT2D eigenvalue weighted by Crippen LogP contribution is 2.18. The standard InChI is InChI=1S/C23H24FN5O4/c1-16-2-7-19(24)20(12-16)26-23(30)21-15-33-22(25-21)14-28-10-8-27(9-11-28)13-17-3-5-18(6-4-17)29(31)32/h2-7,12,15H,8-11,13-14H2,1H3,(H,26,30). The number of anilines is 1. The Hall–Kier alpha value is -3.63. The number of hydrogen-bond donors (Lipinski definition) is 1. The first kappa shape index (κ1) is 22.6. The van der Waals surface area contributed by atoms with Crippen LogP contribution in [-0.2, 0) is 13.1 Å². The van der Waals surface area contributed by atoms with Crippen molar-refractivity contribution < 1.29 is 18.5 Å². The zero-order valence-electron chi connectivity index (χ0n) is 18.2. The summed E-state index contributed by atoms with van der Waals surface area (Å²) in [6.07, 6.45) is 1.28. The minimum atomic E-state index is -0.526. The molecule has 1 aliphatic rings. The second-order valence-corrected chi connectivity index (χ2v) is 8.04. The van der Waals surface area contributed by atoms with Crippen LogP contribution in [0.5, 0.6) is 0 Å². The Morgan fingerprint density at radius 1 is 1.12 bits per heavy atom. The zero-order chi connectivity index (χ0) is 23.4. The number of hydrogen-bond acceptors (Lipinski definition) is 7. The third-order valence-corrected chi connectivity index (χ3v) is 5.53. The number of oxazole rings is 1. The molecule has 1 amide bonds. The molecule has 0 aliphatic carbocycles. The van der Waals surface area contributed by atoms with Gasteiger partial charge in [0.1, 0.15) is 12.1 Å². The van der Waals surface area contributed by atoms with E-state index in [2.05, 4.69) is 20.1 Å². The lowest BCUT2D eigenvalue weighted by molar-refractivity contribution is -0.384. The lowest BCUT2D eigenvalue weighted by atomic mass is 10.2. The Kier molecular flexibility index (Phi) is 6.76. The molecule has 0 bridgehead atoms. The van der Waals surface area contributed by atoms with Gasteiger partial charge in [-0.2, -0.15) is 0 Å². The molecule has 10 heteroatoms. The van der Waals surface area contributed by atoms with Crippen LogP contribution < -0.4 is 5.32 Å². The van der Waals surface area contributed by atoms with E-state index >= 15 is 0 Å². The molecule has 1 fully saturated rings. The average molecular weight is 453 g/mol. The lowest BCUT2D eigenvalue weighted by Crippen LogP contribution is -2.45. The topological polar surface area (TPSA) is 105 Å². The molecule has 1 N–H and O–H groups in total. The van der Waals surface area contributed by atoms with Crippen LogP contribution in [-0.4, -0.2) is 51.8 Å². The van der Waals surface area contributed by atoms with Crippen molar-refractivity contribution in [2.45, 2.75) is 20.0 Å². The van der Waals surface area contributed by atoms with Crippen LogP contribution in [0.2, 0.25) is 0 Å². The molecule has 1 saturated heterocycles. The van der Waals surface area contributed by atoms with Crippen molar-refractivity contribution in [2.75, 3.05) is 31.5 Å². The van der Waals surface area contributed by atoms with E-state index in [0.29, 0.717) is 12.4 Å². The van der Waals surface area contributed by atoms with Crippen LogP contribution in [0.4, 0.5) is 15.8 Å². The van der Waals surface area contributed by atoms with E-state index in [-0.39, 0.29) is 17.1 Å². The van der Waals surface area contributed by atoms with Crippen molar-refractivity contribution in [1.82, 2.24) is 14.8 Å². The molecule has 33 heavy (non-hydrogen) atoms. The first-order valence-corrected chi connectivity index (χ1v) is 10.6. The van der Waals surface area contributed by atoms with Crippen molar-refractivity contribution in [3.63, 3.8) is 0 Å². The number of carbonyl (C=O) groups excluding carboxylic acids is 1. The number of aryl methyl sites for hydroxylation is 1. The second kappa shape index (κ2) is 9.88. The fourth-order valence-electron chi connectivity index (χ4n) is 3.69. The average Bonchev–Trinajstić information content (AvgIpc) is 3.27. The highest BCUT2D eigenvalue weighted by atomic mass is 19.1. The molecule has 3 aromatic rings. The SMILES string of the molecule is Cc1ccc(F)c(NC(=O)c2coc(CN3CCN(Cc4ccc([N+](=O)[O-])cc4)CC3)n2)c1. The monoisotopic (exact) mass is 453 g/mol. The van der Waals surface area contributed by atoms with E-state index in [0.717, 1.165) is 43.9 Å². The number of nitro benzene ring substituents is 1. The fraction of sp³-hybridized carbons (Fsp3) is 0.304. The van der Waals surface area contributed by atoms with Crippen molar-refractivity contribution in [3.05, 3.63) is 87.4 Å². The molecule has 9 nitrogen and oxygen atoms in total. The van der Waals surface area contributed by atoms with Crippen LogP contribution in [0, 0.1) is 22.9 Å². The summed E-state index contributed by atoms with van der Waals surface area (Å²) in [5.41, 5.74) is 2.16. The summed E-state index contributed by atoms with van der Waals surface area (Å²) in [6, 6.07) is 11.1. The van der Waals surface area contributed by atoms with Gasteiger partial charge in [-0.25, -0.2) is 9.37 Å². The van der Waals surface area contributed by atoms with Gasteiger partial charge in [0.2, 0.25) is 5.89 Å². The summed E-state index contributed by atoms with van der Waals surface area (Å²) < 4.78 is 19.3. The first-order chi connectivity index (χ1) is 15.9. The second-order valence-electron chi connectivity index (χ2n) is 8.04. The Morgan fingerprint density at radius 2 is 1.79 bits per heavy atom. The molecule has 0 saturated carbocycles. The summed E-state index contributed by atoms with van der Waals surface area (Å²) >= 11 is 0. The van der Waals surface area contributed by atoms with Gasteiger partial charge in [0, 0.05) is 44.9 Å². The molecule has 2 aromatic carbocycles. The highest BCUT2D eigenvalue weighted by Gasteiger charge is 2.20. The Labute approximate surface area is 190 Å². The Morgan fingerprint density at radius 3 is 2.45 bits per heavy atom. The van der Waals surface area contributed by atoms with Crippen molar-refractivity contribution in [1.29, 1.82) is 0 Å². The van der Waals surface area contributed by atoms with E-state index in [1.54, 1.807) is 24.3 Å². The van der Waals surface area contributed by atoms with Crippen LogP contribution in [0.3, 0.4) is 0 Å². The van der Waals surface area contributed by atoms with E-state index < -0.39 is 16.6 Å². The number of nitrogens with zero attached hydrogens (tertiary/aromatic N) is 4. The summed E-state index contributed by atoms with van der Waals surface area (Å²) in [5.74, 6) is -0.611. The summed E-state index contributed by atoms with van der Waals surface area (Å²) in [6.45, 7) is 6.27. The predicted molar refractivity (Wildman–Crippen MR) is 119 cm³/mol. The molecule has 4 rings (SSSR count). The number of rotatable bonds is 7. The number of aromatic nitrogens is 1. The molecule has 172 valence electrons. The van der Waals surface area contributed by atoms with Gasteiger partial charge in [0.05, 0.1) is 17.2 Å². The quantitative estimate of drug-likeness (QED) is 0.430. The third kappa shape index (κ3) is 5.79. The Balaban J connectivity index is 1.26. The maximum absolute atomic E-state index is 13.9. The van der Waals surface area contributed by atoms with Gasteiger partial charge >= 0.3 is 0 Å². The minimum absolute atomic E-state index is 0.0894. The summed E-state index contributed by atoms with van der Waals surface area (Å²) in [5, 5.41) is 13.3. The molecular weight excluding hydrogens is 429 g/mol. The maximum Gasteiger partial charge on any atom is 0.277 e. The van der Waals surface area contributed by atoms with Gasteiger partial charge < -0.3 is 9.73 Å². The van der Waals surface area contributed by atoms with Gasteiger partial charge in [-0.15, -0.1) is 0 Å². The van der Waals surface area contributed by atoms with Crippen LogP contribution in [0.15, 0.2) is 53.1 Å². The minimum Gasteiger partial charge on any atom is -0.447 e. The molecular formula is C23H24FN5O4. The van der Waals surface area contributed by atoms with E-state index in [9.17, 15) is 19.3 Å². The summed E-state index contributed by atoms with van der Waals surface area (Å²) in [4.78, 5) is 31.5. The van der Waals surface area contributed by atoms with Crippen LogP contribution in [0.1, 0.15) is 27.5 Å². The molecule has 0 atom stereocenters. The number of piperazine rings is 1. The number of nitro groups is 1. The van der Waals surface area contributed by atoms with Gasteiger partial charge in [0.15, 0.2) is 5.69 Å². The maximum atomic E-state index is 13.9. The number of nitrogens with one attached hydrogen (secondary N) is 1. The van der Waals surface area contributed by atoms with E-state index in [1.165, 1.54) is 24.5 Å². The predicted octanol–water partition coefficient (Wildman–Crippen LogP) is 3.60. The van der Waals surface area contributed by atoms with Gasteiger partial charge in [0.25, 0.3) is 11.6 Å². The largest absolute Gasteiger partial charge is 0.447 e. The lowest BCUT2D eigenvalue weighted by Gasteiger charge is -2.34. The summed E-state index contributed by atoms with van der Waals surface area (Å²) in [7, 11) is 0. The van der Waals surface area contributed by atoms with E-state index in [4.69, 9.17) is 4.42 Å². The van der Waals surface area contributed by atoms with Crippen molar-refractivity contribution in [3.8, 4) is 0 Å². The molecule has 0 unspecified atom stereocenters. The fourth-order valence-corrected chi connectivity index (χ4v) is 3.69. The third-order valence-electron chi connectivity index (χ3n) is 5.53. The molecule has 1 aromatic heterocycles. The zero-order valence-corrected chi connectivity index (χ0v) is 18.2. The van der Waals surface area contributed by atoms with E-state index in [1.807, 2.05) is 6.92 Å². The number of benzene rings is 2. The van der Waals surface area contributed by atoms with Crippen LogP contribution in [0.25, 0.3) is 0 Å². The van der Waals surface area contributed by atoms with Crippen molar-refractivity contribution in [2.24, 2.45) is 0 Å². The normalized spacial score (nSPS) is 14.8.